The van der Waals surface area contributed by atoms with Crippen LogP contribution in [0.15, 0.2) is 84.9 Å². The quantitative estimate of drug-likeness (QED) is 0.384. The summed E-state index contributed by atoms with van der Waals surface area (Å²) >= 11 is 11.1. The highest BCUT2D eigenvalue weighted by molar-refractivity contribution is 7.80. The van der Waals surface area contributed by atoms with Gasteiger partial charge >= 0.3 is 0 Å². The van der Waals surface area contributed by atoms with E-state index in [1.807, 2.05) is 18.2 Å². The second kappa shape index (κ2) is 10.3. The minimum absolute atomic E-state index is 0.0840. The molecular formula is C23H18ClN3O2S. The third-order valence-electron chi connectivity index (χ3n) is 3.99. The van der Waals surface area contributed by atoms with Crippen molar-refractivity contribution in [2.24, 2.45) is 0 Å². The lowest BCUT2D eigenvalue weighted by molar-refractivity contribution is -0.115. The van der Waals surface area contributed by atoms with Crippen LogP contribution in [-0.2, 0) is 4.79 Å². The predicted molar refractivity (Wildman–Crippen MR) is 126 cm³/mol. The van der Waals surface area contributed by atoms with Gasteiger partial charge in [-0.2, -0.15) is 0 Å². The average molecular weight is 436 g/mol. The first-order valence-electron chi connectivity index (χ1n) is 9.02. The molecule has 0 aromatic heterocycles. The molecule has 0 bridgehead atoms. The van der Waals surface area contributed by atoms with Crippen LogP contribution in [-0.4, -0.2) is 16.9 Å². The summed E-state index contributed by atoms with van der Waals surface area (Å²) in [5.74, 6) is -0.685. The molecule has 0 atom stereocenters. The van der Waals surface area contributed by atoms with Gasteiger partial charge in [0.1, 0.15) is 0 Å². The van der Waals surface area contributed by atoms with E-state index in [2.05, 4.69) is 16.0 Å². The molecule has 30 heavy (non-hydrogen) atoms. The molecule has 0 aliphatic rings. The van der Waals surface area contributed by atoms with E-state index in [0.717, 1.165) is 5.56 Å². The van der Waals surface area contributed by atoms with E-state index >= 15 is 0 Å². The molecule has 3 rings (SSSR count). The van der Waals surface area contributed by atoms with E-state index in [0.29, 0.717) is 22.0 Å². The molecule has 0 heterocycles. The molecule has 0 aliphatic heterocycles. The molecule has 0 unspecified atom stereocenters. The Morgan fingerprint density at radius 3 is 2.23 bits per heavy atom. The Balaban J connectivity index is 1.61. The highest BCUT2D eigenvalue weighted by Gasteiger charge is 2.12. The fourth-order valence-electron chi connectivity index (χ4n) is 2.56. The number of amides is 2. The Hall–Kier alpha value is -3.48. The third-order valence-corrected chi connectivity index (χ3v) is 4.44. The van der Waals surface area contributed by atoms with Crippen molar-refractivity contribution in [3.8, 4) is 0 Å². The molecule has 5 nitrogen and oxygen atoms in total. The zero-order valence-electron chi connectivity index (χ0n) is 15.8. The van der Waals surface area contributed by atoms with Crippen LogP contribution in [0.1, 0.15) is 15.9 Å². The fourth-order valence-corrected chi connectivity index (χ4v) is 2.90. The van der Waals surface area contributed by atoms with E-state index in [-0.39, 0.29) is 11.0 Å². The lowest BCUT2D eigenvalue weighted by Gasteiger charge is -2.13. The summed E-state index contributed by atoms with van der Waals surface area (Å²) in [5, 5.41) is 8.99. The maximum absolute atomic E-state index is 12.6. The Morgan fingerprint density at radius 1 is 0.833 bits per heavy atom. The number of halogens is 1. The summed E-state index contributed by atoms with van der Waals surface area (Å²) < 4.78 is 0. The van der Waals surface area contributed by atoms with Crippen molar-refractivity contribution in [1.29, 1.82) is 0 Å². The van der Waals surface area contributed by atoms with Gasteiger partial charge in [0.15, 0.2) is 5.11 Å². The van der Waals surface area contributed by atoms with Crippen molar-refractivity contribution < 1.29 is 9.59 Å². The molecule has 0 radical (unpaired) electrons. The van der Waals surface area contributed by atoms with Crippen LogP contribution in [0.2, 0.25) is 5.02 Å². The molecule has 7 heteroatoms. The van der Waals surface area contributed by atoms with Gasteiger partial charge in [-0.15, -0.1) is 0 Å². The van der Waals surface area contributed by atoms with Crippen LogP contribution < -0.4 is 16.0 Å². The average Bonchev–Trinajstić information content (AvgIpc) is 2.74. The van der Waals surface area contributed by atoms with Crippen molar-refractivity contribution in [1.82, 2.24) is 5.32 Å². The van der Waals surface area contributed by atoms with Crippen LogP contribution in [0.4, 0.5) is 11.4 Å². The summed E-state index contributed by atoms with van der Waals surface area (Å²) in [4.78, 5) is 24.7. The zero-order valence-corrected chi connectivity index (χ0v) is 17.3. The largest absolute Gasteiger partial charge is 0.332 e. The van der Waals surface area contributed by atoms with Crippen LogP contribution in [0, 0.1) is 0 Å². The monoisotopic (exact) mass is 435 g/mol. The summed E-state index contributed by atoms with van der Waals surface area (Å²) in [7, 11) is 0. The highest BCUT2D eigenvalue weighted by atomic mass is 35.5. The van der Waals surface area contributed by atoms with Gasteiger partial charge in [-0.05, 0) is 60.3 Å². The summed E-state index contributed by atoms with van der Waals surface area (Å²) in [6.07, 6.45) is 3.01. The molecule has 150 valence electrons. The van der Waals surface area contributed by atoms with Crippen molar-refractivity contribution in [3.05, 3.63) is 101 Å². The van der Waals surface area contributed by atoms with E-state index in [4.69, 9.17) is 23.8 Å². The molecule has 0 saturated carbocycles. The normalized spacial score (nSPS) is 10.4. The van der Waals surface area contributed by atoms with Gasteiger partial charge in [0, 0.05) is 16.8 Å². The van der Waals surface area contributed by atoms with E-state index in [1.54, 1.807) is 66.7 Å². The summed E-state index contributed by atoms with van der Waals surface area (Å²) in [6.45, 7) is 0. The molecule has 0 saturated heterocycles. The van der Waals surface area contributed by atoms with E-state index in [1.165, 1.54) is 6.08 Å². The third kappa shape index (κ3) is 6.27. The number of hydrogen-bond acceptors (Lipinski definition) is 3. The first kappa shape index (κ1) is 21.2. The van der Waals surface area contributed by atoms with Gasteiger partial charge in [0.05, 0.1) is 11.3 Å². The van der Waals surface area contributed by atoms with Gasteiger partial charge in [-0.1, -0.05) is 54.1 Å². The summed E-state index contributed by atoms with van der Waals surface area (Å²) in [6, 6.07) is 23.1. The molecule has 3 aromatic rings. The lowest BCUT2D eigenvalue weighted by Crippen LogP contribution is -2.33. The maximum Gasteiger partial charge on any atom is 0.257 e. The fraction of sp³-hybridized carbons (Fsp3) is 0. The lowest BCUT2D eigenvalue weighted by atomic mass is 10.1. The van der Waals surface area contributed by atoms with Crippen LogP contribution in [0.5, 0.6) is 0 Å². The number of carbonyl (C=O) groups is 2. The van der Waals surface area contributed by atoms with Crippen molar-refractivity contribution >= 4 is 58.2 Å². The van der Waals surface area contributed by atoms with Crippen molar-refractivity contribution in [2.75, 3.05) is 10.6 Å². The Labute approximate surface area is 184 Å². The number of benzene rings is 3. The van der Waals surface area contributed by atoms with Crippen LogP contribution in [0.25, 0.3) is 6.08 Å². The molecule has 0 spiro atoms. The van der Waals surface area contributed by atoms with Gasteiger partial charge in [-0.3, -0.25) is 14.9 Å². The van der Waals surface area contributed by atoms with Gasteiger partial charge in [0.2, 0.25) is 5.91 Å². The molecule has 3 aromatic carbocycles. The Bertz CT molecular complexity index is 1080. The zero-order chi connectivity index (χ0) is 21.3. The minimum Gasteiger partial charge on any atom is -0.332 e. The second-order valence-corrected chi connectivity index (χ2v) is 7.04. The molecule has 0 aliphatic carbocycles. The molecule has 3 N–H and O–H groups in total. The Morgan fingerprint density at radius 2 is 1.50 bits per heavy atom. The van der Waals surface area contributed by atoms with Crippen molar-refractivity contribution in [3.63, 3.8) is 0 Å². The molecular weight excluding hydrogens is 418 g/mol. The number of anilines is 2. The van der Waals surface area contributed by atoms with E-state index < -0.39 is 5.91 Å². The van der Waals surface area contributed by atoms with Crippen molar-refractivity contribution in [2.45, 2.75) is 0 Å². The smallest absolute Gasteiger partial charge is 0.257 e. The van der Waals surface area contributed by atoms with Crippen LogP contribution >= 0.6 is 23.8 Å². The van der Waals surface area contributed by atoms with Crippen LogP contribution in [0.3, 0.4) is 0 Å². The second-order valence-electron chi connectivity index (χ2n) is 6.19. The van der Waals surface area contributed by atoms with E-state index in [9.17, 15) is 9.59 Å². The van der Waals surface area contributed by atoms with Gasteiger partial charge in [0.25, 0.3) is 5.91 Å². The molecule has 0 fully saturated rings. The number of hydrogen-bond donors (Lipinski definition) is 3. The van der Waals surface area contributed by atoms with Gasteiger partial charge in [-0.25, -0.2) is 0 Å². The number of rotatable bonds is 5. The Kier molecular flexibility index (Phi) is 7.32. The summed E-state index contributed by atoms with van der Waals surface area (Å²) in [5.41, 5.74) is 2.39. The first-order valence-corrected chi connectivity index (χ1v) is 9.81. The van der Waals surface area contributed by atoms with Gasteiger partial charge < -0.3 is 10.6 Å². The topological polar surface area (TPSA) is 70.2 Å². The first-order chi connectivity index (χ1) is 14.5. The standard InChI is InChI=1S/C23H18ClN3O2S/c24-17-13-10-16(11-14-17)12-15-21(28)27-23(30)26-20-9-5-4-8-19(20)22(29)25-18-6-2-1-3-7-18/h1-15H,(H,25,29)(H2,26,27,28,30)/b15-12+. The SMILES string of the molecule is O=C(/C=C/c1ccc(Cl)cc1)NC(=S)Nc1ccccc1C(=O)Nc1ccccc1. The maximum atomic E-state index is 12.6. The minimum atomic E-state index is -0.395. The predicted octanol–water partition coefficient (Wildman–Crippen LogP) is 5.12. The number of thiocarbonyl (C=S) groups is 1. The highest BCUT2D eigenvalue weighted by Crippen LogP contribution is 2.17. The molecule has 2 amide bonds. The number of para-hydroxylation sites is 2. The number of carbonyl (C=O) groups excluding carboxylic acids is 2. The number of nitrogens with one attached hydrogen (secondary N) is 3.